The second-order valence-corrected chi connectivity index (χ2v) is 3.16. The second kappa shape index (κ2) is 4.43. The highest BCUT2D eigenvalue weighted by molar-refractivity contribution is 5.60. The van der Waals surface area contributed by atoms with E-state index in [2.05, 4.69) is 15.3 Å². The summed E-state index contributed by atoms with van der Waals surface area (Å²) in [6.45, 7) is 0.428. The van der Waals surface area contributed by atoms with Crippen molar-refractivity contribution in [2.24, 2.45) is 0 Å². The Morgan fingerprint density at radius 1 is 1.44 bits per heavy atom. The number of imidazole rings is 1. The summed E-state index contributed by atoms with van der Waals surface area (Å²) in [6, 6.07) is 6.51. The number of aromatic amines is 1. The van der Waals surface area contributed by atoms with Crippen LogP contribution in [0.25, 0.3) is 0 Å². The van der Waals surface area contributed by atoms with Crippen molar-refractivity contribution in [1.82, 2.24) is 9.97 Å². The topological polar surface area (TPSA) is 83.8 Å². The Morgan fingerprint density at radius 2 is 2.25 bits per heavy atom. The molecule has 0 aliphatic carbocycles. The van der Waals surface area contributed by atoms with Crippen LogP contribution in [-0.4, -0.2) is 14.9 Å². The molecule has 0 saturated carbocycles. The molecular formula is C10H10N4O2. The molecule has 1 aromatic carbocycles. The molecule has 0 unspecified atom stereocenters. The molecule has 0 bridgehead atoms. The van der Waals surface area contributed by atoms with Gasteiger partial charge in [0.2, 0.25) is 0 Å². The third-order valence-electron chi connectivity index (χ3n) is 2.10. The predicted molar refractivity (Wildman–Crippen MR) is 59.0 cm³/mol. The minimum absolute atomic E-state index is 0.0639. The average Bonchev–Trinajstić information content (AvgIpc) is 2.79. The molecule has 0 atom stereocenters. The maximum absolute atomic E-state index is 10.7. The number of para-hydroxylation sites is 2. The van der Waals surface area contributed by atoms with Crippen LogP contribution < -0.4 is 5.32 Å². The van der Waals surface area contributed by atoms with Gasteiger partial charge in [-0.25, -0.2) is 4.98 Å². The number of nitro benzene ring substituents is 1. The smallest absolute Gasteiger partial charge is 0.292 e. The van der Waals surface area contributed by atoms with E-state index in [1.165, 1.54) is 6.07 Å². The van der Waals surface area contributed by atoms with Gasteiger partial charge in [0.15, 0.2) is 0 Å². The fraction of sp³-hybridized carbons (Fsp3) is 0.100. The zero-order valence-corrected chi connectivity index (χ0v) is 8.38. The number of nitrogens with zero attached hydrogens (tertiary/aromatic N) is 2. The van der Waals surface area contributed by atoms with E-state index in [0.717, 1.165) is 5.82 Å². The number of anilines is 1. The Morgan fingerprint density at radius 3 is 2.94 bits per heavy atom. The van der Waals surface area contributed by atoms with E-state index < -0.39 is 4.92 Å². The SMILES string of the molecule is O=[N+]([O-])c1ccccc1NCc1ncc[nH]1. The van der Waals surface area contributed by atoms with Gasteiger partial charge in [-0.3, -0.25) is 10.1 Å². The number of aromatic nitrogens is 2. The largest absolute Gasteiger partial charge is 0.372 e. The highest BCUT2D eigenvalue weighted by atomic mass is 16.6. The maximum Gasteiger partial charge on any atom is 0.292 e. The van der Waals surface area contributed by atoms with Crippen molar-refractivity contribution in [2.75, 3.05) is 5.32 Å². The lowest BCUT2D eigenvalue weighted by Crippen LogP contribution is -2.03. The van der Waals surface area contributed by atoms with Gasteiger partial charge < -0.3 is 10.3 Å². The Kier molecular flexibility index (Phi) is 2.81. The fourth-order valence-corrected chi connectivity index (χ4v) is 1.36. The molecule has 2 rings (SSSR count). The lowest BCUT2D eigenvalue weighted by molar-refractivity contribution is -0.384. The Labute approximate surface area is 91.5 Å². The number of nitrogens with one attached hydrogen (secondary N) is 2. The molecule has 82 valence electrons. The molecule has 2 N–H and O–H groups in total. The fourth-order valence-electron chi connectivity index (χ4n) is 1.36. The summed E-state index contributed by atoms with van der Waals surface area (Å²) in [6.07, 6.45) is 3.34. The summed E-state index contributed by atoms with van der Waals surface area (Å²) in [4.78, 5) is 17.2. The molecule has 16 heavy (non-hydrogen) atoms. The van der Waals surface area contributed by atoms with E-state index >= 15 is 0 Å². The summed E-state index contributed by atoms with van der Waals surface area (Å²) < 4.78 is 0. The molecule has 0 amide bonds. The van der Waals surface area contributed by atoms with Gasteiger partial charge in [-0.15, -0.1) is 0 Å². The number of H-pyrrole nitrogens is 1. The van der Waals surface area contributed by atoms with Crippen LogP contribution in [0.2, 0.25) is 0 Å². The first-order chi connectivity index (χ1) is 7.77. The molecular weight excluding hydrogens is 208 g/mol. The van der Waals surface area contributed by atoms with Crippen molar-refractivity contribution in [3.05, 3.63) is 52.6 Å². The first kappa shape index (κ1) is 10.2. The highest BCUT2D eigenvalue weighted by Gasteiger charge is 2.11. The number of rotatable bonds is 4. The van der Waals surface area contributed by atoms with Crippen LogP contribution in [-0.2, 0) is 6.54 Å². The van der Waals surface area contributed by atoms with Gasteiger partial charge in [-0.1, -0.05) is 12.1 Å². The van der Waals surface area contributed by atoms with Crippen LogP contribution in [0, 0.1) is 10.1 Å². The van der Waals surface area contributed by atoms with Gasteiger partial charge in [0.1, 0.15) is 11.5 Å². The molecule has 0 aliphatic rings. The first-order valence-electron chi connectivity index (χ1n) is 4.73. The van der Waals surface area contributed by atoms with Crippen molar-refractivity contribution in [2.45, 2.75) is 6.54 Å². The normalized spacial score (nSPS) is 10.0. The van der Waals surface area contributed by atoms with Crippen molar-refractivity contribution in [3.63, 3.8) is 0 Å². The van der Waals surface area contributed by atoms with Gasteiger partial charge in [0, 0.05) is 18.5 Å². The number of hydrogen-bond donors (Lipinski definition) is 2. The molecule has 1 heterocycles. The Balaban J connectivity index is 2.12. The average molecular weight is 218 g/mol. The van der Waals surface area contributed by atoms with E-state index in [4.69, 9.17) is 0 Å². The van der Waals surface area contributed by atoms with E-state index in [9.17, 15) is 10.1 Å². The van der Waals surface area contributed by atoms with Crippen molar-refractivity contribution >= 4 is 11.4 Å². The molecule has 0 radical (unpaired) electrons. The van der Waals surface area contributed by atoms with Crippen LogP contribution in [0.5, 0.6) is 0 Å². The van der Waals surface area contributed by atoms with Crippen LogP contribution >= 0.6 is 0 Å². The van der Waals surface area contributed by atoms with Crippen molar-refractivity contribution < 1.29 is 4.92 Å². The number of benzene rings is 1. The van der Waals surface area contributed by atoms with Crippen LogP contribution in [0.3, 0.4) is 0 Å². The third kappa shape index (κ3) is 2.17. The summed E-state index contributed by atoms with van der Waals surface area (Å²) >= 11 is 0. The maximum atomic E-state index is 10.7. The number of nitro groups is 1. The standard InChI is InChI=1S/C10H10N4O2/c15-14(16)9-4-2-1-3-8(9)13-7-10-11-5-6-12-10/h1-6,13H,7H2,(H,11,12). The molecule has 6 heteroatoms. The Bertz CT molecular complexity index is 481. The zero-order chi connectivity index (χ0) is 11.4. The summed E-state index contributed by atoms with van der Waals surface area (Å²) in [7, 11) is 0. The molecule has 0 saturated heterocycles. The van der Waals surface area contributed by atoms with E-state index in [1.807, 2.05) is 0 Å². The molecule has 0 aliphatic heterocycles. The van der Waals surface area contributed by atoms with Crippen molar-refractivity contribution in [3.8, 4) is 0 Å². The van der Waals surface area contributed by atoms with Crippen LogP contribution in [0.4, 0.5) is 11.4 Å². The van der Waals surface area contributed by atoms with Gasteiger partial charge in [0.05, 0.1) is 11.5 Å². The molecule has 0 fully saturated rings. The molecule has 0 spiro atoms. The van der Waals surface area contributed by atoms with Crippen molar-refractivity contribution in [1.29, 1.82) is 0 Å². The third-order valence-corrected chi connectivity index (χ3v) is 2.10. The van der Waals surface area contributed by atoms with E-state index in [1.54, 1.807) is 30.6 Å². The highest BCUT2D eigenvalue weighted by Crippen LogP contribution is 2.23. The summed E-state index contributed by atoms with van der Waals surface area (Å²) in [5.74, 6) is 0.734. The molecule has 1 aromatic heterocycles. The minimum Gasteiger partial charge on any atom is -0.372 e. The lowest BCUT2D eigenvalue weighted by atomic mass is 10.2. The Hall–Kier alpha value is -2.37. The van der Waals surface area contributed by atoms with Gasteiger partial charge in [-0.2, -0.15) is 0 Å². The monoisotopic (exact) mass is 218 g/mol. The molecule has 2 aromatic rings. The van der Waals surface area contributed by atoms with Gasteiger partial charge in [0.25, 0.3) is 5.69 Å². The summed E-state index contributed by atoms with van der Waals surface area (Å²) in [5.41, 5.74) is 0.554. The van der Waals surface area contributed by atoms with E-state index in [0.29, 0.717) is 12.2 Å². The van der Waals surface area contributed by atoms with Gasteiger partial charge >= 0.3 is 0 Å². The van der Waals surface area contributed by atoms with Crippen LogP contribution in [0.1, 0.15) is 5.82 Å². The molecule has 6 nitrogen and oxygen atoms in total. The minimum atomic E-state index is -0.412. The first-order valence-corrected chi connectivity index (χ1v) is 4.73. The summed E-state index contributed by atoms with van der Waals surface area (Å²) in [5, 5.41) is 13.7. The lowest BCUT2D eigenvalue weighted by Gasteiger charge is -2.04. The van der Waals surface area contributed by atoms with E-state index in [-0.39, 0.29) is 5.69 Å². The van der Waals surface area contributed by atoms with Crippen LogP contribution in [0.15, 0.2) is 36.7 Å². The number of hydrogen-bond acceptors (Lipinski definition) is 4. The zero-order valence-electron chi connectivity index (χ0n) is 8.38. The predicted octanol–water partition coefficient (Wildman–Crippen LogP) is 1.93. The quantitative estimate of drug-likeness (QED) is 0.606. The second-order valence-electron chi connectivity index (χ2n) is 3.16. The van der Waals surface area contributed by atoms with Gasteiger partial charge in [-0.05, 0) is 6.07 Å².